The number of hydrogen-bond acceptors (Lipinski definition) is 4. The molecule has 0 saturated heterocycles. The van der Waals surface area contributed by atoms with Crippen LogP contribution in [0.1, 0.15) is 168 Å². The molecule has 242 valence electrons. The molecule has 0 aromatic heterocycles. The molecule has 3 N–H and O–H groups in total. The van der Waals surface area contributed by atoms with E-state index in [0.717, 1.165) is 44.9 Å². The number of amides is 1. The standard InChI is InChI=1S/C34H65NO5S/c1-3-5-7-9-11-12-13-14-15-16-17-18-19-20-21-22-24-26-28-30-34(37)35-32(31-41(38,39)40)33(36)29-27-25-23-10-8-6-4-2/h11-12,14-15,32-33,36H,3-10,13,16-31H2,1-2H3,(H,35,37)(H,38,39,40)/b12-11-,15-14-. The molecule has 0 spiro atoms. The molecule has 0 saturated carbocycles. The number of hydrogen-bond donors (Lipinski definition) is 3. The Labute approximate surface area is 254 Å². The Morgan fingerprint density at radius 1 is 0.659 bits per heavy atom. The molecule has 6 nitrogen and oxygen atoms in total. The molecule has 0 rings (SSSR count). The number of allylic oxidation sites excluding steroid dienone is 4. The number of aliphatic hydroxyl groups is 1. The third kappa shape index (κ3) is 30.1. The van der Waals surface area contributed by atoms with Gasteiger partial charge < -0.3 is 10.4 Å². The molecule has 41 heavy (non-hydrogen) atoms. The quantitative estimate of drug-likeness (QED) is 0.0434. The molecule has 0 aromatic rings. The normalized spacial score (nSPS) is 13.8. The third-order valence-corrected chi connectivity index (χ3v) is 8.44. The number of carbonyl (C=O) groups excluding carboxylic acids is 1. The third-order valence-electron chi connectivity index (χ3n) is 7.66. The lowest BCUT2D eigenvalue weighted by molar-refractivity contribution is -0.122. The molecule has 2 atom stereocenters. The fourth-order valence-electron chi connectivity index (χ4n) is 5.07. The SMILES string of the molecule is CCCCC/C=C\C/C=C\CCCCCCCCCCCC(=O)NC(CS(=O)(=O)O)C(O)CCCCCCCCC. The molecule has 0 fully saturated rings. The van der Waals surface area contributed by atoms with Crippen molar-refractivity contribution in [1.82, 2.24) is 5.32 Å². The Morgan fingerprint density at radius 3 is 1.63 bits per heavy atom. The zero-order valence-electron chi connectivity index (χ0n) is 26.7. The summed E-state index contributed by atoms with van der Waals surface area (Å²) in [6.45, 7) is 4.42. The van der Waals surface area contributed by atoms with E-state index in [9.17, 15) is 22.9 Å². The Hall–Kier alpha value is -1.18. The van der Waals surface area contributed by atoms with Gasteiger partial charge in [-0.1, -0.05) is 141 Å². The zero-order chi connectivity index (χ0) is 30.4. The first-order valence-corrected chi connectivity index (χ1v) is 18.6. The van der Waals surface area contributed by atoms with Gasteiger partial charge in [-0.05, 0) is 44.9 Å². The summed E-state index contributed by atoms with van der Waals surface area (Å²) in [6.07, 6.45) is 34.3. The maximum absolute atomic E-state index is 12.4. The predicted molar refractivity (Wildman–Crippen MR) is 175 cm³/mol. The van der Waals surface area contributed by atoms with Crippen molar-refractivity contribution in [2.45, 2.75) is 180 Å². The summed E-state index contributed by atoms with van der Waals surface area (Å²) in [5, 5.41) is 13.2. The highest BCUT2D eigenvalue weighted by Gasteiger charge is 2.26. The number of carbonyl (C=O) groups is 1. The van der Waals surface area contributed by atoms with Crippen molar-refractivity contribution in [2.24, 2.45) is 0 Å². The Bertz CT molecular complexity index is 750. The molecule has 1 amide bonds. The lowest BCUT2D eigenvalue weighted by atomic mass is 10.0. The maximum Gasteiger partial charge on any atom is 0.266 e. The van der Waals surface area contributed by atoms with Gasteiger partial charge in [-0.25, -0.2) is 0 Å². The second-order valence-electron chi connectivity index (χ2n) is 11.8. The average Bonchev–Trinajstić information content (AvgIpc) is 2.92. The first kappa shape index (κ1) is 39.8. The summed E-state index contributed by atoms with van der Waals surface area (Å²) in [5.41, 5.74) is 0. The number of nitrogens with one attached hydrogen (secondary N) is 1. The van der Waals surface area contributed by atoms with Crippen LogP contribution in [0.15, 0.2) is 24.3 Å². The van der Waals surface area contributed by atoms with E-state index in [2.05, 4.69) is 43.5 Å². The fourth-order valence-corrected chi connectivity index (χ4v) is 5.83. The highest BCUT2D eigenvalue weighted by atomic mass is 32.2. The van der Waals surface area contributed by atoms with E-state index in [1.807, 2.05) is 0 Å². The molecule has 0 aliphatic carbocycles. The van der Waals surface area contributed by atoms with Crippen molar-refractivity contribution in [2.75, 3.05) is 5.75 Å². The van der Waals surface area contributed by atoms with Gasteiger partial charge in [0, 0.05) is 6.42 Å². The molecule has 0 heterocycles. The highest BCUT2D eigenvalue weighted by Crippen LogP contribution is 2.14. The monoisotopic (exact) mass is 599 g/mol. The predicted octanol–water partition coefficient (Wildman–Crippen LogP) is 9.23. The van der Waals surface area contributed by atoms with Crippen LogP contribution in [-0.4, -0.2) is 41.9 Å². The summed E-state index contributed by atoms with van der Waals surface area (Å²) < 4.78 is 32.2. The molecule has 2 unspecified atom stereocenters. The lowest BCUT2D eigenvalue weighted by Crippen LogP contribution is -2.47. The summed E-state index contributed by atoms with van der Waals surface area (Å²) in [5.74, 6) is -0.905. The molecule has 7 heteroatoms. The summed E-state index contributed by atoms with van der Waals surface area (Å²) in [4.78, 5) is 12.4. The molecule has 0 aromatic carbocycles. The van der Waals surface area contributed by atoms with E-state index >= 15 is 0 Å². The van der Waals surface area contributed by atoms with Crippen LogP contribution < -0.4 is 5.32 Å². The van der Waals surface area contributed by atoms with Crippen molar-refractivity contribution in [3.8, 4) is 0 Å². The Kier molecular flexibility index (Phi) is 28.1. The highest BCUT2D eigenvalue weighted by molar-refractivity contribution is 7.85. The van der Waals surface area contributed by atoms with E-state index < -0.39 is 28.0 Å². The van der Waals surface area contributed by atoms with E-state index in [4.69, 9.17) is 0 Å². The van der Waals surface area contributed by atoms with Crippen molar-refractivity contribution in [3.05, 3.63) is 24.3 Å². The second kappa shape index (κ2) is 28.9. The van der Waals surface area contributed by atoms with Crippen molar-refractivity contribution < 1.29 is 22.9 Å². The van der Waals surface area contributed by atoms with Gasteiger partial charge in [0.1, 0.15) is 0 Å². The first-order chi connectivity index (χ1) is 19.8. The van der Waals surface area contributed by atoms with Crippen LogP contribution >= 0.6 is 0 Å². The second-order valence-corrected chi connectivity index (χ2v) is 13.3. The van der Waals surface area contributed by atoms with Gasteiger partial charge in [0.15, 0.2) is 0 Å². The number of rotatable bonds is 30. The maximum atomic E-state index is 12.4. The van der Waals surface area contributed by atoms with Crippen molar-refractivity contribution >= 4 is 16.0 Å². The van der Waals surface area contributed by atoms with Gasteiger partial charge in [0.2, 0.25) is 5.91 Å². The lowest BCUT2D eigenvalue weighted by Gasteiger charge is -2.23. The minimum Gasteiger partial charge on any atom is -0.391 e. The van der Waals surface area contributed by atoms with Gasteiger partial charge in [-0.15, -0.1) is 0 Å². The van der Waals surface area contributed by atoms with Gasteiger partial charge in [0.25, 0.3) is 10.1 Å². The minimum absolute atomic E-state index is 0.255. The molecule has 0 bridgehead atoms. The van der Waals surface area contributed by atoms with E-state index in [1.54, 1.807) is 0 Å². The number of unbranched alkanes of at least 4 members (excludes halogenated alkanes) is 18. The topological polar surface area (TPSA) is 104 Å². The molecular weight excluding hydrogens is 534 g/mol. The van der Waals surface area contributed by atoms with Crippen LogP contribution in [0, 0.1) is 0 Å². The van der Waals surface area contributed by atoms with Crippen molar-refractivity contribution in [3.63, 3.8) is 0 Å². The molecular formula is C34H65NO5S. The van der Waals surface area contributed by atoms with Crippen LogP contribution in [0.2, 0.25) is 0 Å². The summed E-state index contributed by atoms with van der Waals surface area (Å²) in [7, 11) is -4.29. The van der Waals surface area contributed by atoms with Gasteiger partial charge >= 0.3 is 0 Å². The fraction of sp³-hybridized carbons (Fsp3) is 0.853. The Balaban J connectivity index is 3.85. The van der Waals surface area contributed by atoms with Crippen LogP contribution in [0.4, 0.5) is 0 Å². The van der Waals surface area contributed by atoms with Crippen LogP contribution in [0.3, 0.4) is 0 Å². The average molecular weight is 600 g/mol. The largest absolute Gasteiger partial charge is 0.391 e. The van der Waals surface area contributed by atoms with Crippen molar-refractivity contribution in [1.29, 1.82) is 0 Å². The van der Waals surface area contributed by atoms with Crippen LogP contribution in [0.5, 0.6) is 0 Å². The van der Waals surface area contributed by atoms with E-state index in [1.165, 1.54) is 96.3 Å². The van der Waals surface area contributed by atoms with Gasteiger partial charge in [-0.2, -0.15) is 8.42 Å². The summed E-state index contributed by atoms with van der Waals surface area (Å²) in [6, 6.07) is -0.967. The number of aliphatic hydroxyl groups excluding tert-OH is 1. The Morgan fingerprint density at radius 2 is 1.10 bits per heavy atom. The van der Waals surface area contributed by atoms with E-state index in [-0.39, 0.29) is 5.91 Å². The minimum atomic E-state index is -4.29. The molecule has 0 radical (unpaired) electrons. The van der Waals surface area contributed by atoms with Crippen LogP contribution in [0.25, 0.3) is 0 Å². The van der Waals surface area contributed by atoms with Gasteiger partial charge in [0.05, 0.1) is 17.9 Å². The van der Waals surface area contributed by atoms with E-state index in [0.29, 0.717) is 12.8 Å². The summed E-state index contributed by atoms with van der Waals surface area (Å²) >= 11 is 0. The zero-order valence-corrected chi connectivity index (χ0v) is 27.5. The van der Waals surface area contributed by atoms with Gasteiger partial charge in [-0.3, -0.25) is 9.35 Å². The molecule has 0 aliphatic heterocycles. The van der Waals surface area contributed by atoms with Crippen LogP contribution in [-0.2, 0) is 14.9 Å². The first-order valence-electron chi connectivity index (χ1n) is 17.0. The smallest absolute Gasteiger partial charge is 0.266 e. The molecule has 0 aliphatic rings.